The van der Waals surface area contributed by atoms with Crippen LogP contribution in [0.5, 0.6) is 0 Å². The topological polar surface area (TPSA) is 67.6 Å². The van der Waals surface area contributed by atoms with Gasteiger partial charge in [0.05, 0.1) is 0 Å². The lowest BCUT2D eigenvalue weighted by Crippen LogP contribution is -2.48. The van der Waals surface area contributed by atoms with Gasteiger partial charge in [0.1, 0.15) is 6.10 Å². The number of nitrogens with two attached hydrogens (primary N) is 1. The van der Waals surface area contributed by atoms with Crippen LogP contribution in [0.15, 0.2) is 0 Å². The highest BCUT2D eigenvalue weighted by molar-refractivity contribution is 5.81. The van der Waals surface area contributed by atoms with Crippen LogP contribution in [0.4, 0.5) is 0 Å². The predicted molar refractivity (Wildman–Crippen MR) is 65.6 cm³/mol. The third-order valence-corrected chi connectivity index (χ3v) is 3.60. The van der Waals surface area contributed by atoms with Gasteiger partial charge >= 0.3 is 0 Å². The lowest BCUT2D eigenvalue weighted by atomic mass is 10.0. The Balaban J connectivity index is 1.68. The van der Waals surface area contributed by atoms with E-state index in [1.165, 1.54) is 0 Å². The molecule has 0 radical (unpaired) electrons. The van der Waals surface area contributed by atoms with Gasteiger partial charge in [0.25, 0.3) is 0 Å². The zero-order valence-electron chi connectivity index (χ0n) is 10.4. The maximum absolute atomic E-state index is 11.9. The molecule has 1 amide bonds. The molecule has 2 fully saturated rings. The molecular weight excluding hydrogens is 218 g/mol. The molecular formula is C12H23N3O2. The van der Waals surface area contributed by atoms with Crippen molar-refractivity contribution in [2.24, 2.45) is 5.73 Å². The van der Waals surface area contributed by atoms with Crippen LogP contribution in [-0.2, 0) is 9.53 Å². The summed E-state index contributed by atoms with van der Waals surface area (Å²) in [5.74, 6) is 0.0831. The van der Waals surface area contributed by atoms with Crippen molar-refractivity contribution in [2.45, 2.75) is 37.8 Å². The molecule has 0 aromatic carbocycles. The lowest BCUT2D eigenvalue weighted by Gasteiger charge is -2.32. The number of hydrogen-bond acceptors (Lipinski definition) is 4. The summed E-state index contributed by atoms with van der Waals surface area (Å²) >= 11 is 0. The molecule has 0 aromatic heterocycles. The molecule has 2 rings (SSSR count). The summed E-state index contributed by atoms with van der Waals surface area (Å²) in [5.41, 5.74) is 5.53. The standard InChI is InChI=1S/C12H23N3O2/c13-5-8-15-6-3-10(4-7-15)14-12(16)11-2-1-9-17-11/h10-11H,1-9,13H2,(H,14,16). The number of piperidine rings is 1. The number of carbonyl (C=O) groups is 1. The van der Waals surface area contributed by atoms with Crippen molar-refractivity contribution < 1.29 is 9.53 Å². The van der Waals surface area contributed by atoms with E-state index in [1.807, 2.05) is 0 Å². The Morgan fingerprint density at radius 1 is 1.35 bits per heavy atom. The van der Waals surface area contributed by atoms with Crippen LogP contribution in [0.3, 0.4) is 0 Å². The number of ether oxygens (including phenoxy) is 1. The first-order valence-corrected chi connectivity index (χ1v) is 6.64. The summed E-state index contributed by atoms with van der Waals surface area (Å²) in [7, 11) is 0. The largest absolute Gasteiger partial charge is 0.368 e. The summed E-state index contributed by atoms with van der Waals surface area (Å²) in [5, 5.41) is 3.10. The van der Waals surface area contributed by atoms with Crippen molar-refractivity contribution in [1.82, 2.24) is 10.2 Å². The highest BCUT2D eigenvalue weighted by Crippen LogP contribution is 2.14. The molecule has 17 heavy (non-hydrogen) atoms. The highest BCUT2D eigenvalue weighted by atomic mass is 16.5. The summed E-state index contributed by atoms with van der Waals surface area (Å²) in [6.45, 7) is 4.48. The third-order valence-electron chi connectivity index (χ3n) is 3.60. The molecule has 0 saturated carbocycles. The fraction of sp³-hybridized carbons (Fsp3) is 0.917. The summed E-state index contributed by atoms with van der Waals surface area (Å²) in [6, 6.07) is 0.320. The van der Waals surface area contributed by atoms with Gasteiger partial charge in [0, 0.05) is 38.8 Å². The number of nitrogens with zero attached hydrogens (tertiary/aromatic N) is 1. The first-order valence-electron chi connectivity index (χ1n) is 6.64. The van der Waals surface area contributed by atoms with Crippen LogP contribution in [0.1, 0.15) is 25.7 Å². The van der Waals surface area contributed by atoms with Crippen LogP contribution in [0.2, 0.25) is 0 Å². The number of rotatable bonds is 4. The number of amides is 1. The fourth-order valence-corrected chi connectivity index (χ4v) is 2.56. The average molecular weight is 241 g/mol. The van der Waals surface area contributed by atoms with E-state index in [4.69, 9.17) is 10.5 Å². The smallest absolute Gasteiger partial charge is 0.249 e. The molecule has 98 valence electrons. The first-order chi connectivity index (χ1) is 8.29. The van der Waals surface area contributed by atoms with Crippen molar-refractivity contribution in [3.8, 4) is 0 Å². The van der Waals surface area contributed by atoms with Crippen molar-refractivity contribution in [3.63, 3.8) is 0 Å². The Morgan fingerprint density at radius 3 is 2.71 bits per heavy atom. The Labute approximate surface area is 103 Å². The molecule has 5 nitrogen and oxygen atoms in total. The van der Waals surface area contributed by atoms with Crippen molar-refractivity contribution in [3.05, 3.63) is 0 Å². The zero-order valence-corrected chi connectivity index (χ0v) is 10.4. The Morgan fingerprint density at radius 2 is 2.12 bits per heavy atom. The monoisotopic (exact) mass is 241 g/mol. The molecule has 2 aliphatic rings. The molecule has 0 aliphatic carbocycles. The van der Waals surface area contributed by atoms with Gasteiger partial charge in [-0.25, -0.2) is 0 Å². The predicted octanol–water partition coefficient (Wildman–Crippen LogP) is -0.295. The van der Waals surface area contributed by atoms with E-state index >= 15 is 0 Å². The third kappa shape index (κ3) is 3.66. The van der Waals surface area contributed by atoms with Gasteiger partial charge in [-0.2, -0.15) is 0 Å². The summed E-state index contributed by atoms with van der Waals surface area (Å²) < 4.78 is 5.38. The van der Waals surface area contributed by atoms with E-state index in [-0.39, 0.29) is 12.0 Å². The summed E-state index contributed by atoms with van der Waals surface area (Å²) in [6.07, 6.45) is 3.74. The first kappa shape index (κ1) is 12.8. The number of hydrogen-bond donors (Lipinski definition) is 2. The molecule has 0 bridgehead atoms. The minimum absolute atomic E-state index is 0.0831. The van der Waals surface area contributed by atoms with Gasteiger partial charge in [0.2, 0.25) is 5.91 Å². The maximum Gasteiger partial charge on any atom is 0.249 e. The van der Waals surface area contributed by atoms with Gasteiger partial charge in [-0.15, -0.1) is 0 Å². The van der Waals surface area contributed by atoms with Crippen LogP contribution in [-0.4, -0.2) is 55.7 Å². The van der Waals surface area contributed by atoms with E-state index in [0.29, 0.717) is 12.6 Å². The molecule has 1 atom stereocenters. The highest BCUT2D eigenvalue weighted by Gasteiger charge is 2.27. The minimum Gasteiger partial charge on any atom is -0.368 e. The van der Waals surface area contributed by atoms with Crippen LogP contribution >= 0.6 is 0 Å². The Hall–Kier alpha value is -0.650. The second kappa shape index (κ2) is 6.33. The lowest BCUT2D eigenvalue weighted by molar-refractivity contribution is -0.131. The average Bonchev–Trinajstić information content (AvgIpc) is 2.86. The molecule has 2 saturated heterocycles. The van der Waals surface area contributed by atoms with E-state index in [9.17, 15) is 4.79 Å². The Bertz CT molecular complexity index is 246. The van der Waals surface area contributed by atoms with Crippen molar-refractivity contribution >= 4 is 5.91 Å². The van der Waals surface area contributed by atoms with Crippen molar-refractivity contribution in [1.29, 1.82) is 0 Å². The number of likely N-dealkylation sites (tertiary alicyclic amines) is 1. The van der Waals surface area contributed by atoms with Crippen LogP contribution in [0.25, 0.3) is 0 Å². The van der Waals surface area contributed by atoms with E-state index in [0.717, 1.165) is 51.9 Å². The quantitative estimate of drug-likeness (QED) is 0.709. The van der Waals surface area contributed by atoms with Gasteiger partial charge in [-0.3, -0.25) is 4.79 Å². The van der Waals surface area contributed by atoms with Crippen molar-refractivity contribution in [2.75, 3.05) is 32.8 Å². The SMILES string of the molecule is NCCN1CCC(NC(=O)C2CCCO2)CC1. The minimum atomic E-state index is -0.197. The van der Waals surface area contributed by atoms with E-state index in [1.54, 1.807) is 0 Å². The molecule has 0 aromatic rings. The van der Waals surface area contributed by atoms with Crippen LogP contribution in [0, 0.1) is 0 Å². The maximum atomic E-state index is 11.9. The fourth-order valence-electron chi connectivity index (χ4n) is 2.56. The molecule has 1 unspecified atom stereocenters. The van der Waals surface area contributed by atoms with Gasteiger partial charge in [-0.05, 0) is 25.7 Å². The van der Waals surface area contributed by atoms with Gasteiger partial charge < -0.3 is 20.7 Å². The van der Waals surface area contributed by atoms with Gasteiger partial charge in [0.15, 0.2) is 0 Å². The van der Waals surface area contributed by atoms with E-state index < -0.39 is 0 Å². The van der Waals surface area contributed by atoms with Crippen LogP contribution < -0.4 is 11.1 Å². The zero-order chi connectivity index (χ0) is 12.1. The molecule has 3 N–H and O–H groups in total. The normalized spacial score (nSPS) is 27.2. The second-order valence-electron chi connectivity index (χ2n) is 4.91. The Kier molecular flexibility index (Phi) is 4.76. The van der Waals surface area contributed by atoms with E-state index in [2.05, 4.69) is 10.2 Å². The summed E-state index contributed by atoms with van der Waals surface area (Å²) in [4.78, 5) is 14.2. The molecule has 5 heteroatoms. The van der Waals surface area contributed by atoms with Gasteiger partial charge in [-0.1, -0.05) is 0 Å². The second-order valence-corrected chi connectivity index (χ2v) is 4.91. The number of carbonyl (C=O) groups excluding carboxylic acids is 1. The molecule has 2 heterocycles. The molecule has 2 aliphatic heterocycles. The molecule has 0 spiro atoms. The number of nitrogens with one attached hydrogen (secondary N) is 1.